The van der Waals surface area contributed by atoms with E-state index in [2.05, 4.69) is 36.1 Å². The van der Waals surface area contributed by atoms with Gasteiger partial charge in [-0.3, -0.25) is 9.69 Å². The average molecular weight is 382 g/mol. The number of ketones is 1. The maximum absolute atomic E-state index is 12.9. The van der Waals surface area contributed by atoms with Gasteiger partial charge in [0.2, 0.25) is 0 Å². The lowest BCUT2D eigenvalue weighted by atomic mass is 9.93. The zero-order valence-electron chi connectivity index (χ0n) is 17.5. The quantitative estimate of drug-likeness (QED) is 0.533. The molecule has 1 aliphatic heterocycles. The number of nitrogens with zero attached hydrogens (tertiary/aromatic N) is 1. The lowest BCUT2D eigenvalue weighted by Gasteiger charge is -2.31. The molecule has 0 aromatic heterocycles. The van der Waals surface area contributed by atoms with Crippen LogP contribution in [-0.2, 0) is 6.42 Å². The lowest BCUT2D eigenvalue weighted by molar-refractivity contribution is 0.103. The van der Waals surface area contributed by atoms with E-state index >= 15 is 0 Å². The second-order valence-electron chi connectivity index (χ2n) is 7.71. The molecule has 0 bridgehead atoms. The number of piperidine rings is 1. The zero-order chi connectivity index (χ0) is 20.1. The summed E-state index contributed by atoms with van der Waals surface area (Å²) in [7, 11) is 3.23. The van der Waals surface area contributed by atoms with Crippen molar-refractivity contribution in [3.8, 4) is 11.5 Å². The molecular formula is C24H31NO3. The zero-order valence-corrected chi connectivity index (χ0v) is 17.5. The van der Waals surface area contributed by atoms with Crippen LogP contribution in [0.5, 0.6) is 11.5 Å². The molecule has 0 N–H and O–H groups in total. The standard InChI is InChI=1S/C24H31NO3/c1-5-6-7-17(2)16-25-10-8-18(9-11-25)12-20-13-19-14-22(27-3)23(28-4)15-21(19)24(20)26/h5-7,12,14-15,18H,8-11,13,16H2,1-4H3/b6-5-,17-7+,20-12+. The molecule has 28 heavy (non-hydrogen) atoms. The molecule has 1 aliphatic carbocycles. The number of fused-ring (bicyclic) bond motifs is 1. The van der Waals surface area contributed by atoms with Crippen LogP contribution in [0.15, 0.2) is 47.6 Å². The first kappa shape index (κ1) is 20.4. The van der Waals surface area contributed by atoms with Crippen molar-refractivity contribution in [3.63, 3.8) is 0 Å². The maximum atomic E-state index is 12.9. The van der Waals surface area contributed by atoms with Gasteiger partial charge in [0.05, 0.1) is 14.2 Å². The number of allylic oxidation sites excluding steroid dienone is 5. The summed E-state index contributed by atoms with van der Waals surface area (Å²) >= 11 is 0. The summed E-state index contributed by atoms with van der Waals surface area (Å²) in [6.45, 7) is 7.41. The number of methoxy groups -OCH3 is 2. The number of hydrogen-bond acceptors (Lipinski definition) is 4. The van der Waals surface area contributed by atoms with Crippen LogP contribution in [0, 0.1) is 5.92 Å². The van der Waals surface area contributed by atoms with Gasteiger partial charge in [-0.15, -0.1) is 0 Å². The molecule has 2 aliphatic rings. The predicted molar refractivity (Wildman–Crippen MR) is 113 cm³/mol. The summed E-state index contributed by atoms with van der Waals surface area (Å²) in [4.78, 5) is 15.4. The lowest BCUT2D eigenvalue weighted by Crippen LogP contribution is -2.34. The van der Waals surface area contributed by atoms with Crippen LogP contribution in [0.2, 0.25) is 0 Å². The van der Waals surface area contributed by atoms with E-state index in [1.54, 1.807) is 14.2 Å². The van der Waals surface area contributed by atoms with E-state index in [0.29, 0.717) is 23.8 Å². The molecule has 0 unspecified atom stereocenters. The Kier molecular flexibility index (Phi) is 6.74. The molecule has 0 saturated carbocycles. The Hall–Kier alpha value is -2.33. The Morgan fingerprint density at radius 2 is 1.86 bits per heavy atom. The Balaban J connectivity index is 1.63. The second-order valence-corrected chi connectivity index (χ2v) is 7.71. The monoisotopic (exact) mass is 381 g/mol. The van der Waals surface area contributed by atoms with Crippen molar-refractivity contribution in [3.05, 3.63) is 58.7 Å². The summed E-state index contributed by atoms with van der Waals surface area (Å²) < 4.78 is 10.7. The largest absolute Gasteiger partial charge is 0.493 e. The third kappa shape index (κ3) is 4.56. The van der Waals surface area contributed by atoms with Crippen LogP contribution in [0.1, 0.15) is 42.6 Å². The molecule has 1 aromatic rings. The van der Waals surface area contributed by atoms with E-state index in [1.165, 1.54) is 5.57 Å². The van der Waals surface area contributed by atoms with Crippen LogP contribution < -0.4 is 9.47 Å². The van der Waals surface area contributed by atoms with Crippen LogP contribution in [0.3, 0.4) is 0 Å². The first-order chi connectivity index (χ1) is 13.5. The highest BCUT2D eigenvalue weighted by Crippen LogP contribution is 2.37. The van der Waals surface area contributed by atoms with Crippen molar-refractivity contribution in [2.75, 3.05) is 33.9 Å². The molecule has 150 valence electrons. The van der Waals surface area contributed by atoms with Gasteiger partial charge in [0.1, 0.15) is 0 Å². The fraction of sp³-hybridized carbons (Fsp3) is 0.458. The van der Waals surface area contributed by atoms with E-state index in [4.69, 9.17) is 9.47 Å². The van der Waals surface area contributed by atoms with Gasteiger partial charge in [-0.2, -0.15) is 0 Å². The number of hydrogen-bond donors (Lipinski definition) is 0. The van der Waals surface area contributed by atoms with Crippen molar-refractivity contribution in [2.45, 2.75) is 33.1 Å². The van der Waals surface area contributed by atoms with E-state index in [-0.39, 0.29) is 5.78 Å². The highest BCUT2D eigenvalue weighted by molar-refractivity contribution is 6.13. The van der Waals surface area contributed by atoms with Gasteiger partial charge in [-0.1, -0.05) is 29.9 Å². The van der Waals surface area contributed by atoms with Crippen molar-refractivity contribution < 1.29 is 14.3 Å². The van der Waals surface area contributed by atoms with Gasteiger partial charge in [0.15, 0.2) is 17.3 Å². The van der Waals surface area contributed by atoms with Gasteiger partial charge in [0.25, 0.3) is 0 Å². The molecule has 1 fully saturated rings. The van der Waals surface area contributed by atoms with Gasteiger partial charge < -0.3 is 9.47 Å². The predicted octanol–water partition coefficient (Wildman–Crippen LogP) is 4.60. The minimum Gasteiger partial charge on any atom is -0.493 e. The molecule has 4 nitrogen and oxygen atoms in total. The Labute approximate surface area is 168 Å². The topological polar surface area (TPSA) is 38.8 Å². The fourth-order valence-electron chi connectivity index (χ4n) is 4.10. The SMILES string of the molecule is C/C=C\C=C(/C)CN1CCC(/C=C2\Cc3cc(OC)c(OC)cc3C2=O)CC1. The van der Waals surface area contributed by atoms with Crippen molar-refractivity contribution in [1.82, 2.24) is 4.90 Å². The smallest absolute Gasteiger partial charge is 0.189 e. The summed E-state index contributed by atoms with van der Waals surface area (Å²) in [6, 6.07) is 3.76. The number of ether oxygens (including phenoxy) is 2. The highest BCUT2D eigenvalue weighted by Gasteiger charge is 2.28. The first-order valence-electron chi connectivity index (χ1n) is 10.1. The molecule has 1 aromatic carbocycles. The van der Waals surface area contributed by atoms with E-state index in [9.17, 15) is 4.79 Å². The third-order valence-electron chi connectivity index (χ3n) is 5.64. The molecule has 0 atom stereocenters. The van der Waals surface area contributed by atoms with Crippen molar-refractivity contribution >= 4 is 5.78 Å². The summed E-state index contributed by atoms with van der Waals surface area (Å²) in [5.74, 6) is 1.92. The Morgan fingerprint density at radius 1 is 1.18 bits per heavy atom. The number of Topliss-reactive ketones (excluding diaryl/α,β-unsaturated/α-hetero) is 1. The number of likely N-dealkylation sites (tertiary alicyclic amines) is 1. The summed E-state index contributed by atoms with van der Waals surface area (Å²) in [5, 5.41) is 0. The second kappa shape index (κ2) is 9.24. The fourth-order valence-corrected chi connectivity index (χ4v) is 4.10. The molecule has 0 amide bonds. The summed E-state index contributed by atoms with van der Waals surface area (Å²) in [5.41, 5.74) is 4.11. The number of benzene rings is 1. The Bertz CT molecular complexity index is 811. The van der Waals surface area contributed by atoms with E-state index in [0.717, 1.165) is 49.2 Å². The van der Waals surface area contributed by atoms with Crippen LogP contribution >= 0.6 is 0 Å². The minimum absolute atomic E-state index is 0.142. The van der Waals surface area contributed by atoms with Gasteiger partial charge in [-0.05, 0) is 63.4 Å². The minimum atomic E-state index is 0.142. The van der Waals surface area contributed by atoms with E-state index in [1.807, 2.05) is 19.1 Å². The number of carbonyl (C=O) groups is 1. The Morgan fingerprint density at radius 3 is 2.50 bits per heavy atom. The molecule has 0 spiro atoms. The van der Waals surface area contributed by atoms with Gasteiger partial charge in [-0.25, -0.2) is 0 Å². The van der Waals surface area contributed by atoms with Crippen molar-refractivity contribution in [1.29, 1.82) is 0 Å². The van der Waals surface area contributed by atoms with Gasteiger partial charge >= 0.3 is 0 Å². The molecule has 1 saturated heterocycles. The van der Waals surface area contributed by atoms with Crippen LogP contribution in [0.4, 0.5) is 0 Å². The summed E-state index contributed by atoms with van der Waals surface area (Å²) in [6.07, 6.45) is 11.5. The molecule has 3 rings (SSSR count). The molecular weight excluding hydrogens is 350 g/mol. The highest BCUT2D eigenvalue weighted by atomic mass is 16.5. The molecule has 0 radical (unpaired) electrons. The number of rotatable bonds is 6. The van der Waals surface area contributed by atoms with Crippen LogP contribution in [0.25, 0.3) is 0 Å². The third-order valence-corrected chi connectivity index (χ3v) is 5.64. The first-order valence-corrected chi connectivity index (χ1v) is 10.1. The average Bonchev–Trinajstić information content (AvgIpc) is 3.01. The van der Waals surface area contributed by atoms with E-state index < -0.39 is 0 Å². The molecule has 1 heterocycles. The van der Waals surface area contributed by atoms with Crippen molar-refractivity contribution in [2.24, 2.45) is 5.92 Å². The maximum Gasteiger partial charge on any atom is 0.189 e. The van der Waals surface area contributed by atoms with Gasteiger partial charge in [0, 0.05) is 24.1 Å². The number of carbonyl (C=O) groups excluding carboxylic acids is 1. The normalized spacial score (nSPS) is 20.2. The molecule has 4 heteroatoms. The van der Waals surface area contributed by atoms with Crippen LogP contribution in [-0.4, -0.2) is 44.5 Å².